The summed E-state index contributed by atoms with van der Waals surface area (Å²) in [5, 5.41) is 9.75. The molecular weight excluding hydrogens is 252 g/mol. The molecule has 1 aliphatic rings. The number of phenols is 1. The number of hydrogen-bond acceptors (Lipinski definition) is 3. The zero-order valence-corrected chi connectivity index (χ0v) is 11.9. The maximum Gasteiger partial charge on any atom is 0.196 e. The second-order valence-corrected chi connectivity index (χ2v) is 4.89. The molecule has 0 saturated carbocycles. The number of ketones is 1. The number of hydrogen-bond donors (Lipinski definition) is 1. The quantitative estimate of drug-likeness (QED) is 0.832. The van der Waals surface area contributed by atoms with E-state index in [1.165, 1.54) is 6.07 Å². The molecule has 3 heteroatoms. The molecule has 1 unspecified atom stereocenters. The fourth-order valence-electron chi connectivity index (χ4n) is 2.41. The van der Waals surface area contributed by atoms with Crippen molar-refractivity contribution in [1.82, 2.24) is 0 Å². The number of carbonyl (C=O) groups is 1. The largest absolute Gasteiger partial charge is 0.507 e. The van der Waals surface area contributed by atoms with Crippen molar-refractivity contribution in [2.24, 2.45) is 0 Å². The molecule has 106 valence electrons. The second kappa shape index (κ2) is 6.06. The van der Waals surface area contributed by atoms with E-state index < -0.39 is 0 Å². The van der Waals surface area contributed by atoms with Crippen molar-refractivity contribution < 1.29 is 14.6 Å². The van der Waals surface area contributed by atoms with Crippen LogP contribution in [0.25, 0.3) is 0 Å². The van der Waals surface area contributed by atoms with Crippen molar-refractivity contribution in [3.63, 3.8) is 0 Å². The van der Waals surface area contributed by atoms with Crippen LogP contribution in [0.3, 0.4) is 0 Å². The van der Waals surface area contributed by atoms with E-state index >= 15 is 0 Å². The number of aromatic hydroxyl groups is 1. The van der Waals surface area contributed by atoms with Crippen molar-refractivity contribution in [3.05, 3.63) is 53.6 Å². The molecule has 3 nitrogen and oxygen atoms in total. The Bertz CT molecular complexity index is 557. The number of benzene rings is 1. The smallest absolute Gasteiger partial charge is 0.196 e. The van der Waals surface area contributed by atoms with Crippen LogP contribution in [0.15, 0.2) is 48.1 Å². The molecule has 20 heavy (non-hydrogen) atoms. The van der Waals surface area contributed by atoms with E-state index in [4.69, 9.17) is 4.74 Å². The maximum atomic E-state index is 12.4. The minimum absolute atomic E-state index is 0.0175. The minimum atomic E-state index is -0.294. The summed E-state index contributed by atoms with van der Waals surface area (Å²) in [5.74, 6) is -0.135. The van der Waals surface area contributed by atoms with E-state index in [0.29, 0.717) is 24.2 Å². The van der Waals surface area contributed by atoms with Crippen LogP contribution in [-0.2, 0) is 4.74 Å². The SMILES string of the molecule is CCOC1(CC)C=CC(C(=O)c2ccccc2O)=CC1. The lowest BCUT2D eigenvalue weighted by molar-refractivity contribution is -0.00241. The third-order valence-corrected chi connectivity index (χ3v) is 3.68. The van der Waals surface area contributed by atoms with Crippen LogP contribution in [0.5, 0.6) is 5.75 Å². The molecule has 0 spiro atoms. The van der Waals surface area contributed by atoms with Gasteiger partial charge >= 0.3 is 0 Å². The van der Waals surface area contributed by atoms with E-state index in [9.17, 15) is 9.90 Å². The van der Waals surface area contributed by atoms with Crippen LogP contribution in [0.1, 0.15) is 37.0 Å². The monoisotopic (exact) mass is 272 g/mol. The average molecular weight is 272 g/mol. The number of allylic oxidation sites excluding steroid dienone is 2. The van der Waals surface area contributed by atoms with Gasteiger partial charge in [0.25, 0.3) is 0 Å². The standard InChI is InChI=1S/C17H20O3/c1-3-17(20-4-2)11-9-13(10-12-17)16(19)14-7-5-6-8-15(14)18/h5-11,18H,3-4,12H2,1-2H3. The third kappa shape index (κ3) is 2.83. The van der Waals surface area contributed by atoms with Crippen LogP contribution < -0.4 is 0 Å². The highest BCUT2D eigenvalue weighted by atomic mass is 16.5. The second-order valence-electron chi connectivity index (χ2n) is 4.89. The minimum Gasteiger partial charge on any atom is -0.507 e. The van der Waals surface area contributed by atoms with Gasteiger partial charge in [0, 0.05) is 12.2 Å². The van der Waals surface area contributed by atoms with Crippen LogP contribution in [-0.4, -0.2) is 23.1 Å². The summed E-state index contributed by atoms with van der Waals surface area (Å²) in [4.78, 5) is 12.4. The number of phenolic OH excluding ortho intramolecular Hbond substituents is 1. The van der Waals surface area contributed by atoms with Crippen molar-refractivity contribution in [2.75, 3.05) is 6.61 Å². The zero-order chi connectivity index (χ0) is 14.6. The summed E-state index contributed by atoms with van der Waals surface area (Å²) in [5.41, 5.74) is 0.649. The Balaban J connectivity index is 2.19. The number of para-hydroxylation sites is 1. The summed E-state index contributed by atoms with van der Waals surface area (Å²) in [6.45, 7) is 4.69. The van der Waals surface area contributed by atoms with Gasteiger partial charge in [-0.05, 0) is 31.9 Å². The van der Waals surface area contributed by atoms with Crippen LogP contribution in [0.2, 0.25) is 0 Å². The number of carbonyl (C=O) groups excluding carboxylic acids is 1. The number of rotatable bonds is 5. The lowest BCUT2D eigenvalue weighted by Crippen LogP contribution is -2.31. The Kier molecular flexibility index (Phi) is 4.40. The lowest BCUT2D eigenvalue weighted by atomic mass is 9.87. The Morgan fingerprint density at radius 1 is 1.35 bits per heavy atom. The molecule has 0 aromatic heterocycles. The maximum absolute atomic E-state index is 12.4. The van der Waals surface area contributed by atoms with Crippen LogP contribution in [0.4, 0.5) is 0 Å². The first-order valence-corrected chi connectivity index (χ1v) is 6.98. The topological polar surface area (TPSA) is 46.5 Å². The van der Waals surface area contributed by atoms with Crippen LogP contribution in [0, 0.1) is 0 Å². The van der Waals surface area contributed by atoms with E-state index in [0.717, 1.165) is 6.42 Å². The third-order valence-electron chi connectivity index (χ3n) is 3.68. The van der Waals surface area contributed by atoms with Gasteiger partial charge in [-0.25, -0.2) is 0 Å². The highest BCUT2D eigenvalue weighted by Crippen LogP contribution is 2.30. The van der Waals surface area contributed by atoms with Gasteiger partial charge in [0.15, 0.2) is 5.78 Å². The Hall–Kier alpha value is -1.87. The van der Waals surface area contributed by atoms with Gasteiger partial charge in [-0.1, -0.05) is 37.3 Å². The highest BCUT2D eigenvalue weighted by Gasteiger charge is 2.28. The average Bonchev–Trinajstić information content (AvgIpc) is 2.48. The van der Waals surface area contributed by atoms with Crippen molar-refractivity contribution in [3.8, 4) is 5.75 Å². The number of ether oxygens (including phenoxy) is 1. The predicted molar refractivity (Wildman–Crippen MR) is 78.9 cm³/mol. The molecule has 0 bridgehead atoms. The van der Waals surface area contributed by atoms with Gasteiger partial charge in [0.2, 0.25) is 0 Å². The molecule has 1 aliphatic carbocycles. The van der Waals surface area contributed by atoms with Gasteiger partial charge in [0.05, 0.1) is 11.2 Å². The first kappa shape index (κ1) is 14.5. The summed E-state index contributed by atoms with van der Waals surface area (Å²) in [7, 11) is 0. The summed E-state index contributed by atoms with van der Waals surface area (Å²) < 4.78 is 5.79. The number of Topliss-reactive ketones (excluding diaryl/α,β-unsaturated/α-hetero) is 1. The van der Waals surface area contributed by atoms with Gasteiger partial charge in [-0.3, -0.25) is 4.79 Å². The molecule has 0 saturated heterocycles. The predicted octanol–water partition coefficient (Wildman–Crippen LogP) is 3.65. The molecular formula is C17H20O3. The zero-order valence-electron chi connectivity index (χ0n) is 11.9. The summed E-state index contributed by atoms with van der Waals surface area (Å²) in [6, 6.07) is 6.61. The normalized spacial score (nSPS) is 21.6. The van der Waals surface area contributed by atoms with Crippen LogP contribution >= 0.6 is 0 Å². The summed E-state index contributed by atoms with van der Waals surface area (Å²) in [6.07, 6.45) is 7.21. The molecule has 0 amide bonds. The Labute approximate surface area is 119 Å². The van der Waals surface area contributed by atoms with Gasteiger partial charge in [-0.15, -0.1) is 0 Å². The highest BCUT2D eigenvalue weighted by molar-refractivity contribution is 6.12. The molecule has 0 radical (unpaired) electrons. The first-order chi connectivity index (χ1) is 9.62. The molecule has 2 rings (SSSR count). The summed E-state index contributed by atoms with van der Waals surface area (Å²) >= 11 is 0. The molecule has 0 aliphatic heterocycles. The van der Waals surface area contributed by atoms with Crippen molar-refractivity contribution in [1.29, 1.82) is 0 Å². The Morgan fingerprint density at radius 2 is 2.10 bits per heavy atom. The molecule has 0 heterocycles. The van der Waals surface area contributed by atoms with E-state index in [-0.39, 0.29) is 17.1 Å². The van der Waals surface area contributed by atoms with E-state index in [1.54, 1.807) is 24.3 Å². The van der Waals surface area contributed by atoms with Crippen molar-refractivity contribution >= 4 is 5.78 Å². The lowest BCUT2D eigenvalue weighted by Gasteiger charge is -2.30. The molecule has 1 atom stereocenters. The van der Waals surface area contributed by atoms with Crippen molar-refractivity contribution in [2.45, 2.75) is 32.3 Å². The fourth-order valence-corrected chi connectivity index (χ4v) is 2.41. The van der Waals surface area contributed by atoms with Gasteiger partial charge < -0.3 is 9.84 Å². The fraction of sp³-hybridized carbons (Fsp3) is 0.353. The van der Waals surface area contributed by atoms with Gasteiger partial charge in [-0.2, -0.15) is 0 Å². The molecule has 1 aromatic carbocycles. The Morgan fingerprint density at radius 3 is 2.65 bits per heavy atom. The molecule has 1 N–H and O–H groups in total. The van der Waals surface area contributed by atoms with E-state index in [2.05, 4.69) is 6.92 Å². The molecule has 1 aromatic rings. The first-order valence-electron chi connectivity index (χ1n) is 6.98. The molecule has 0 fully saturated rings. The van der Waals surface area contributed by atoms with E-state index in [1.807, 2.05) is 19.1 Å². The van der Waals surface area contributed by atoms with Gasteiger partial charge in [0.1, 0.15) is 5.75 Å².